The summed E-state index contributed by atoms with van der Waals surface area (Å²) in [4.78, 5) is 26.3. The average molecular weight is 276 g/mol. The number of benzene rings is 1. The van der Waals surface area contributed by atoms with E-state index in [0.717, 1.165) is 0 Å². The van der Waals surface area contributed by atoms with Crippen LogP contribution in [0.15, 0.2) is 24.3 Å². The Labute approximate surface area is 113 Å². The van der Waals surface area contributed by atoms with Gasteiger partial charge in [-0.1, -0.05) is 12.1 Å². The number of aliphatic carboxylic acids is 1. The molecule has 8 nitrogen and oxygen atoms in total. The monoisotopic (exact) mass is 276 g/mol. The van der Waals surface area contributed by atoms with E-state index >= 15 is 0 Å². The van der Waals surface area contributed by atoms with E-state index in [9.17, 15) is 9.59 Å². The van der Waals surface area contributed by atoms with Gasteiger partial charge >= 0.3 is 5.97 Å². The van der Waals surface area contributed by atoms with Crippen LogP contribution in [0.25, 0.3) is 0 Å². The first-order chi connectivity index (χ1) is 9.56. The number of anilines is 1. The lowest BCUT2D eigenvalue weighted by atomic mass is 10.3. The van der Waals surface area contributed by atoms with Gasteiger partial charge in [-0.3, -0.25) is 9.89 Å². The highest BCUT2D eigenvalue weighted by Crippen LogP contribution is 2.23. The Balaban J connectivity index is 2.12. The van der Waals surface area contributed by atoms with Gasteiger partial charge in [0.15, 0.2) is 6.61 Å². The maximum atomic E-state index is 11.9. The van der Waals surface area contributed by atoms with E-state index in [0.29, 0.717) is 11.5 Å². The molecule has 0 aliphatic heterocycles. The van der Waals surface area contributed by atoms with Gasteiger partial charge in [-0.05, 0) is 19.1 Å². The first-order valence-corrected chi connectivity index (χ1v) is 5.70. The molecule has 3 N–H and O–H groups in total. The summed E-state index contributed by atoms with van der Waals surface area (Å²) in [7, 11) is 0. The van der Waals surface area contributed by atoms with Crippen molar-refractivity contribution in [2.24, 2.45) is 0 Å². The van der Waals surface area contributed by atoms with Crippen LogP contribution in [-0.2, 0) is 4.79 Å². The molecular weight excluding hydrogens is 264 g/mol. The molecule has 104 valence electrons. The summed E-state index contributed by atoms with van der Waals surface area (Å²) in [6.45, 7) is 1.18. The molecule has 0 saturated carbocycles. The molecule has 0 saturated heterocycles. The normalized spacial score (nSPS) is 10.1. The van der Waals surface area contributed by atoms with Crippen molar-refractivity contribution in [3.05, 3.63) is 35.9 Å². The molecule has 8 heteroatoms. The molecule has 1 aromatic heterocycles. The van der Waals surface area contributed by atoms with Crippen LogP contribution < -0.4 is 10.1 Å². The molecule has 0 radical (unpaired) electrons. The van der Waals surface area contributed by atoms with Crippen molar-refractivity contribution < 1.29 is 19.4 Å². The van der Waals surface area contributed by atoms with Gasteiger partial charge < -0.3 is 15.2 Å². The Morgan fingerprint density at radius 3 is 2.80 bits per heavy atom. The summed E-state index contributed by atoms with van der Waals surface area (Å²) in [6.07, 6.45) is 0. The highest BCUT2D eigenvalue weighted by molar-refractivity contribution is 6.02. The third-order valence-electron chi connectivity index (χ3n) is 2.29. The Morgan fingerprint density at radius 1 is 1.40 bits per heavy atom. The number of hydrogen-bond acceptors (Lipinski definition) is 5. The van der Waals surface area contributed by atoms with E-state index in [1.165, 1.54) is 0 Å². The molecular formula is C12H12N4O4. The third kappa shape index (κ3) is 3.31. The molecule has 0 bridgehead atoms. The molecule has 2 aromatic rings. The lowest BCUT2D eigenvalue weighted by molar-refractivity contribution is -0.139. The molecule has 0 atom stereocenters. The van der Waals surface area contributed by atoms with Crippen molar-refractivity contribution in [1.29, 1.82) is 0 Å². The van der Waals surface area contributed by atoms with Gasteiger partial charge in [-0.15, -0.1) is 5.10 Å². The number of carboxylic acids is 1. The first-order valence-electron chi connectivity index (χ1n) is 5.70. The number of carbonyl (C=O) groups is 2. The number of rotatable bonds is 5. The summed E-state index contributed by atoms with van der Waals surface area (Å²) in [6, 6.07) is 6.51. The Hall–Kier alpha value is -2.90. The molecule has 20 heavy (non-hydrogen) atoms. The van der Waals surface area contributed by atoms with Gasteiger partial charge in [-0.25, -0.2) is 9.78 Å². The fourth-order valence-corrected chi connectivity index (χ4v) is 1.46. The molecule has 1 aromatic carbocycles. The summed E-state index contributed by atoms with van der Waals surface area (Å²) in [5, 5.41) is 17.4. The second-order valence-corrected chi connectivity index (χ2v) is 3.88. The maximum Gasteiger partial charge on any atom is 0.341 e. The highest BCUT2D eigenvalue weighted by Gasteiger charge is 2.14. The number of aromatic nitrogens is 3. The van der Waals surface area contributed by atoms with Crippen LogP contribution >= 0.6 is 0 Å². The van der Waals surface area contributed by atoms with Crippen LogP contribution in [0.2, 0.25) is 0 Å². The molecule has 1 amide bonds. The van der Waals surface area contributed by atoms with E-state index in [4.69, 9.17) is 9.84 Å². The maximum absolute atomic E-state index is 11.9. The number of aromatic amines is 1. The van der Waals surface area contributed by atoms with Crippen LogP contribution in [0.5, 0.6) is 5.75 Å². The summed E-state index contributed by atoms with van der Waals surface area (Å²) in [5.74, 6) is -0.840. The number of carboxylic acid groups (broad SMARTS) is 1. The molecule has 0 aliphatic carbocycles. The summed E-state index contributed by atoms with van der Waals surface area (Å²) >= 11 is 0. The van der Waals surface area contributed by atoms with Gasteiger partial charge in [-0.2, -0.15) is 0 Å². The number of para-hydroxylation sites is 2. The number of hydrogen-bond donors (Lipinski definition) is 3. The fraction of sp³-hybridized carbons (Fsp3) is 0.167. The van der Waals surface area contributed by atoms with Crippen LogP contribution in [0, 0.1) is 6.92 Å². The minimum absolute atomic E-state index is 0.00413. The van der Waals surface area contributed by atoms with Crippen molar-refractivity contribution >= 4 is 17.6 Å². The Kier molecular flexibility index (Phi) is 3.94. The topological polar surface area (TPSA) is 117 Å². The average Bonchev–Trinajstić information content (AvgIpc) is 2.84. The first kappa shape index (κ1) is 13.5. The molecule has 0 unspecified atom stereocenters. The number of carbonyl (C=O) groups excluding carboxylic acids is 1. The van der Waals surface area contributed by atoms with Crippen LogP contribution in [0.1, 0.15) is 16.4 Å². The van der Waals surface area contributed by atoms with Gasteiger partial charge in [0.05, 0.1) is 5.69 Å². The number of nitrogens with zero attached hydrogens (tertiary/aromatic N) is 2. The number of nitrogens with one attached hydrogen (secondary N) is 2. The van der Waals surface area contributed by atoms with Crippen molar-refractivity contribution in [2.45, 2.75) is 6.92 Å². The van der Waals surface area contributed by atoms with E-state index in [2.05, 4.69) is 20.5 Å². The standard InChI is InChI=1S/C12H12N4O4/c1-7-13-11(16-15-7)12(19)14-8-4-2-3-5-9(8)20-6-10(17)18/h2-5H,6H2,1H3,(H,14,19)(H,17,18)(H,13,15,16). The van der Waals surface area contributed by atoms with Gasteiger partial charge in [0.1, 0.15) is 11.6 Å². The van der Waals surface area contributed by atoms with Gasteiger partial charge in [0.25, 0.3) is 5.91 Å². The minimum atomic E-state index is -1.10. The van der Waals surface area contributed by atoms with Crippen molar-refractivity contribution in [1.82, 2.24) is 15.2 Å². The Bertz CT molecular complexity index is 638. The third-order valence-corrected chi connectivity index (χ3v) is 2.29. The van der Waals surface area contributed by atoms with Crippen LogP contribution in [0.4, 0.5) is 5.69 Å². The zero-order valence-corrected chi connectivity index (χ0v) is 10.6. The SMILES string of the molecule is Cc1nc(C(=O)Nc2ccccc2OCC(=O)O)n[nH]1. The van der Waals surface area contributed by atoms with Crippen LogP contribution in [0.3, 0.4) is 0 Å². The fourth-order valence-electron chi connectivity index (χ4n) is 1.46. The Morgan fingerprint density at radius 2 is 2.15 bits per heavy atom. The summed E-state index contributed by atoms with van der Waals surface area (Å²) in [5.41, 5.74) is 0.348. The molecule has 2 rings (SSSR count). The highest BCUT2D eigenvalue weighted by atomic mass is 16.5. The minimum Gasteiger partial charge on any atom is -0.480 e. The number of aryl methyl sites for hydroxylation is 1. The lowest BCUT2D eigenvalue weighted by Gasteiger charge is -2.09. The van der Waals surface area contributed by atoms with Crippen molar-refractivity contribution in [3.8, 4) is 5.75 Å². The van der Waals surface area contributed by atoms with Crippen LogP contribution in [-0.4, -0.2) is 38.8 Å². The largest absolute Gasteiger partial charge is 0.480 e. The smallest absolute Gasteiger partial charge is 0.341 e. The zero-order valence-electron chi connectivity index (χ0n) is 10.6. The van der Waals surface area contributed by atoms with Gasteiger partial charge in [0.2, 0.25) is 5.82 Å². The molecule has 0 fully saturated rings. The zero-order chi connectivity index (χ0) is 14.5. The molecule has 1 heterocycles. The van der Waals surface area contributed by atoms with Crippen molar-refractivity contribution in [2.75, 3.05) is 11.9 Å². The van der Waals surface area contributed by atoms with Crippen molar-refractivity contribution in [3.63, 3.8) is 0 Å². The van der Waals surface area contributed by atoms with E-state index < -0.39 is 18.5 Å². The number of ether oxygens (including phenoxy) is 1. The molecule has 0 aliphatic rings. The second kappa shape index (κ2) is 5.83. The van der Waals surface area contributed by atoms with E-state index in [1.807, 2.05) is 0 Å². The summed E-state index contributed by atoms with van der Waals surface area (Å²) < 4.78 is 5.08. The number of amides is 1. The second-order valence-electron chi connectivity index (χ2n) is 3.88. The van der Waals surface area contributed by atoms with Gasteiger partial charge in [0, 0.05) is 0 Å². The number of H-pyrrole nitrogens is 1. The quantitative estimate of drug-likeness (QED) is 0.744. The van der Waals surface area contributed by atoms with E-state index in [1.54, 1.807) is 31.2 Å². The predicted molar refractivity (Wildman–Crippen MR) is 68.6 cm³/mol. The molecule has 0 spiro atoms. The predicted octanol–water partition coefficient (Wildman–Crippen LogP) is 0.829. The lowest BCUT2D eigenvalue weighted by Crippen LogP contribution is -2.16. The van der Waals surface area contributed by atoms with E-state index in [-0.39, 0.29) is 11.6 Å².